The van der Waals surface area contributed by atoms with Crippen LogP contribution in [0.2, 0.25) is 0 Å². The fraction of sp³-hybridized carbons (Fsp3) is 0.278. The number of hydrogen-bond acceptors (Lipinski definition) is 6. The molecule has 0 aromatic carbocycles. The summed E-state index contributed by atoms with van der Waals surface area (Å²) >= 11 is 0. The third-order valence-corrected chi connectivity index (χ3v) is 5.00. The number of primary amides is 1. The quantitative estimate of drug-likeness (QED) is 0.684. The normalized spacial score (nSPS) is 19.2. The second kappa shape index (κ2) is 6.19. The van der Waals surface area contributed by atoms with Crippen LogP contribution >= 0.6 is 0 Å². The zero-order chi connectivity index (χ0) is 20.1. The SMILES string of the molecule is CC1(C(=O)O)CCN(C(=O)c2cc(-c3ccco3)nc3c(C(N)=O)ncn23)C1. The monoisotopic (exact) mass is 383 g/mol. The molecular formula is C18H17N5O5. The van der Waals surface area contributed by atoms with Crippen LogP contribution in [0.1, 0.15) is 34.3 Å². The number of furan rings is 1. The molecule has 0 bridgehead atoms. The third kappa shape index (κ3) is 2.70. The van der Waals surface area contributed by atoms with E-state index in [1.54, 1.807) is 19.1 Å². The number of hydrogen-bond donors (Lipinski definition) is 2. The highest BCUT2D eigenvalue weighted by Crippen LogP contribution is 2.31. The first-order chi connectivity index (χ1) is 13.3. The molecule has 1 atom stereocenters. The van der Waals surface area contributed by atoms with Gasteiger partial charge in [-0.25, -0.2) is 9.97 Å². The largest absolute Gasteiger partial charge is 0.481 e. The number of carboxylic acids is 1. The lowest BCUT2D eigenvalue weighted by Crippen LogP contribution is -2.35. The Kier molecular flexibility index (Phi) is 3.91. The van der Waals surface area contributed by atoms with E-state index < -0.39 is 23.2 Å². The van der Waals surface area contributed by atoms with Gasteiger partial charge in [-0.1, -0.05) is 0 Å². The number of imidazole rings is 1. The Balaban J connectivity index is 1.83. The van der Waals surface area contributed by atoms with Crippen LogP contribution in [0.25, 0.3) is 17.1 Å². The van der Waals surface area contributed by atoms with E-state index in [9.17, 15) is 19.5 Å². The molecule has 10 heteroatoms. The minimum atomic E-state index is -1.00. The van der Waals surface area contributed by atoms with E-state index in [0.29, 0.717) is 24.4 Å². The Morgan fingerprint density at radius 3 is 2.75 bits per heavy atom. The fourth-order valence-corrected chi connectivity index (χ4v) is 3.33. The summed E-state index contributed by atoms with van der Waals surface area (Å²) in [4.78, 5) is 46.2. The van der Waals surface area contributed by atoms with Gasteiger partial charge in [-0.05, 0) is 31.5 Å². The second-order valence-corrected chi connectivity index (χ2v) is 7.00. The van der Waals surface area contributed by atoms with E-state index in [4.69, 9.17) is 10.2 Å². The molecule has 1 fully saturated rings. The van der Waals surface area contributed by atoms with Crippen LogP contribution in [0, 0.1) is 5.41 Å². The van der Waals surface area contributed by atoms with Gasteiger partial charge in [0.1, 0.15) is 17.7 Å². The number of rotatable bonds is 4. The number of carbonyl (C=O) groups excluding carboxylic acids is 2. The average Bonchev–Trinajstić information content (AvgIpc) is 3.39. The summed E-state index contributed by atoms with van der Waals surface area (Å²) < 4.78 is 6.74. The highest BCUT2D eigenvalue weighted by Gasteiger charge is 2.42. The molecule has 3 aromatic heterocycles. The van der Waals surface area contributed by atoms with Gasteiger partial charge in [-0.3, -0.25) is 18.8 Å². The first-order valence-corrected chi connectivity index (χ1v) is 8.54. The van der Waals surface area contributed by atoms with E-state index in [-0.39, 0.29) is 23.6 Å². The van der Waals surface area contributed by atoms with Gasteiger partial charge in [0.15, 0.2) is 17.1 Å². The molecule has 3 aromatic rings. The number of likely N-dealkylation sites (tertiary alicyclic amines) is 1. The van der Waals surface area contributed by atoms with Crippen molar-refractivity contribution in [3.05, 3.63) is 42.2 Å². The number of nitrogens with zero attached hydrogens (tertiary/aromatic N) is 4. The molecule has 1 aliphatic rings. The molecule has 1 saturated heterocycles. The van der Waals surface area contributed by atoms with Crippen LogP contribution in [0.5, 0.6) is 0 Å². The number of fused-ring (bicyclic) bond motifs is 1. The maximum atomic E-state index is 13.2. The molecule has 2 amide bonds. The Morgan fingerprint density at radius 1 is 1.36 bits per heavy atom. The van der Waals surface area contributed by atoms with Gasteiger partial charge in [0.05, 0.1) is 11.7 Å². The molecule has 28 heavy (non-hydrogen) atoms. The molecule has 3 N–H and O–H groups in total. The van der Waals surface area contributed by atoms with Gasteiger partial charge in [0, 0.05) is 13.1 Å². The molecule has 0 aliphatic carbocycles. The maximum absolute atomic E-state index is 13.2. The van der Waals surface area contributed by atoms with Crippen LogP contribution in [0.3, 0.4) is 0 Å². The van der Waals surface area contributed by atoms with Crippen LogP contribution < -0.4 is 5.73 Å². The zero-order valence-corrected chi connectivity index (χ0v) is 15.0. The lowest BCUT2D eigenvalue weighted by atomic mass is 9.90. The predicted molar refractivity (Wildman–Crippen MR) is 95.5 cm³/mol. The number of carboxylic acid groups (broad SMARTS) is 1. The fourth-order valence-electron chi connectivity index (χ4n) is 3.33. The molecule has 0 spiro atoms. The first kappa shape index (κ1) is 17.7. The van der Waals surface area contributed by atoms with Crippen molar-refractivity contribution in [3.8, 4) is 11.5 Å². The minimum absolute atomic E-state index is 0.0701. The Hall–Kier alpha value is -3.69. The molecule has 144 valence electrons. The Labute approximate surface area is 158 Å². The molecular weight excluding hydrogens is 366 g/mol. The highest BCUT2D eigenvalue weighted by atomic mass is 16.4. The molecule has 1 unspecified atom stereocenters. The summed E-state index contributed by atoms with van der Waals surface area (Å²) in [5.41, 5.74) is 4.95. The molecule has 4 heterocycles. The average molecular weight is 383 g/mol. The van der Waals surface area contributed by atoms with Gasteiger partial charge in [0.25, 0.3) is 11.8 Å². The smallest absolute Gasteiger partial charge is 0.311 e. The summed E-state index contributed by atoms with van der Waals surface area (Å²) in [6.45, 7) is 2.00. The van der Waals surface area contributed by atoms with Gasteiger partial charge in [-0.2, -0.15) is 0 Å². The van der Waals surface area contributed by atoms with Gasteiger partial charge < -0.3 is 20.2 Å². The van der Waals surface area contributed by atoms with Gasteiger partial charge in [0.2, 0.25) is 0 Å². The van der Waals surface area contributed by atoms with E-state index in [2.05, 4.69) is 9.97 Å². The van der Waals surface area contributed by atoms with Crippen molar-refractivity contribution in [1.82, 2.24) is 19.3 Å². The van der Waals surface area contributed by atoms with Crippen molar-refractivity contribution in [2.24, 2.45) is 11.1 Å². The topological polar surface area (TPSA) is 144 Å². The van der Waals surface area contributed by atoms with Crippen molar-refractivity contribution < 1.29 is 23.9 Å². The van der Waals surface area contributed by atoms with Gasteiger partial charge in [-0.15, -0.1) is 0 Å². The van der Waals surface area contributed by atoms with E-state index in [0.717, 1.165) is 0 Å². The highest BCUT2D eigenvalue weighted by molar-refractivity contribution is 5.99. The number of nitrogens with two attached hydrogens (primary N) is 1. The van der Waals surface area contributed by atoms with Crippen molar-refractivity contribution in [1.29, 1.82) is 0 Å². The minimum Gasteiger partial charge on any atom is -0.481 e. The van der Waals surface area contributed by atoms with E-state index >= 15 is 0 Å². The molecule has 0 radical (unpaired) electrons. The van der Waals surface area contributed by atoms with E-state index in [1.807, 2.05) is 0 Å². The van der Waals surface area contributed by atoms with Gasteiger partial charge >= 0.3 is 5.97 Å². The van der Waals surface area contributed by atoms with Crippen molar-refractivity contribution in [2.45, 2.75) is 13.3 Å². The van der Waals surface area contributed by atoms with Crippen LogP contribution in [-0.4, -0.2) is 55.2 Å². The summed E-state index contributed by atoms with van der Waals surface area (Å²) in [5, 5.41) is 9.42. The Morgan fingerprint density at radius 2 is 2.14 bits per heavy atom. The molecule has 4 rings (SSSR count). The lowest BCUT2D eigenvalue weighted by molar-refractivity contribution is -0.147. The molecule has 1 aliphatic heterocycles. The lowest BCUT2D eigenvalue weighted by Gasteiger charge is -2.20. The summed E-state index contributed by atoms with van der Waals surface area (Å²) in [6.07, 6.45) is 3.12. The summed E-state index contributed by atoms with van der Waals surface area (Å²) in [5.74, 6) is -1.70. The zero-order valence-electron chi connectivity index (χ0n) is 15.0. The maximum Gasteiger partial charge on any atom is 0.311 e. The van der Waals surface area contributed by atoms with Crippen molar-refractivity contribution in [2.75, 3.05) is 13.1 Å². The van der Waals surface area contributed by atoms with Crippen LogP contribution in [-0.2, 0) is 4.79 Å². The van der Waals surface area contributed by atoms with Crippen molar-refractivity contribution >= 4 is 23.4 Å². The van der Waals surface area contributed by atoms with Crippen LogP contribution in [0.4, 0.5) is 0 Å². The summed E-state index contributed by atoms with van der Waals surface area (Å²) in [7, 11) is 0. The number of aliphatic carboxylic acids is 1. The van der Waals surface area contributed by atoms with Crippen LogP contribution in [0.15, 0.2) is 35.2 Å². The third-order valence-electron chi connectivity index (χ3n) is 5.00. The molecule has 0 saturated carbocycles. The Bertz CT molecular complexity index is 1100. The molecule has 10 nitrogen and oxygen atoms in total. The van der Waals surface area contributed by atoms with E-state index in [1.165, 1.54) is 28.0 Å². The number of aromatic nitrogens is 3. The first-order valence-electron chi connectivity index (χ1n) is 8.54. The number of amides is 2. The summed E-state index contributed by atoms with van der Waals surface area (Å²) in [6, 6.07) is 4.87. The van der Waals surface area contributed by atoms with Crippen molar-refractivity contribution in [3.63, 3.8) is 0 Å². The predicted octanol–water partition coefficient (Wildman–Crippen LogP) is 1.02. The standard InChI is InChI=1S/C18H17N5O5/c1-18(17(26)27)4-5-22(8-18)16(25)11-7-10(12-3-2-6-28-12)21-15-13(14(19)24)20-9-23(11)15/h2-3,6-7,9H,4-5,8H2,1H3,(H2,19,24)(H,26,27). The number of carbonyl (C=O) groups is 3. The second-order valence-electron chi connectivity index (χ2n) is 7.00.